The second-order valence-electron chi connectivity index (χ2n) is 3.95. The number of nitrogens with one attached hydrogen (secondary N) is 1. The first-order valence-electron chi connectivity index (χ1n) is 5.79. The molecule has 1 atom stereocenters. The number of hydrogen-bond donors (Lipinski definition) is 2. The van der Waals surface area contributed by atoms with Gasteiger partial charge in [0.2, 0.25) is 0 Å². The van der Waals surface area contributed by atoms with Crippen LogP contribution in [0.5, 0.6) is 0 Å². The summed E-state index contributed by atoms with van der Waals surface area (Å²) in [6, 6.07) is 5.13. The van der Waals surface area contributed by atoms with Crippen LogP contribution in [0.25, 0.3) is 0 Å². The number of benzene rings is 1. The molecule has 7 heteroatoms. The molecule has 0 spiro atoms. The van der Waals surface area contributed by atoms with E-state index in [1.165, 1.54) is 26.4 Å². The number of amides is 1. The highest BCUT2D eigenvalue weighted by atomic mass is 16.5. The summed E-state index contributed by atoms with van der Waals surface area (Å²) in [6.45, 7) is 0. The summed E-state index contributed by atoms with van der Waals surface area (Å²) in [7, 11) is 2.36. The van der Waals surface area contributed by atoms with Gasteiger partial charge in [0.25, 0.3) is 5.91 Å². The van der Waals surface area contributed by atoms with Gasteiger partial charge in [0.15, 0.2) is 0 Å². The molecule has 0 saturated carbocycles. The molecule has 108 valence electrons. The maximum Gasteiger partial charge on any atom is 0.328 e. The Morgan fingerprint density at radius 3 is 2.50 bits per heavy atom. The van der Waals surface area contributed by atoms with E-state index >= 15 is 0 Å². The molecule has 20 heavy (non-hydrogen) atoms. The third-order valence-corrected chi connectivity index (χ3v) is 2.54. The minimum atomic E-state index is -1.11. The number of anilines is 1. The smallest absolute Gasteiger partial charge is 0.328 e. The van der Waals surface area contributed by atoms with Crippen LogP contribution >= 0.6 is 0 Å². The van der Waals surface area contributed by atoms with E-state index in [-0.39, 0.29) is 12.0 Å². The summed E-state index contributed by atoms with van der Waals surface area (Å²) < 4.78 is 9.00. The van der Waals surface area contributed by atoms with E-state index in [0.717, 1.165) is 0 Å². The number of carbonyl (C=O) groups excluding carboxylic acids is 3. The third kappa shape index (κ3) is 4.27. The van der Waals surface area contributed by atoms with Gasteiger partial charge >= 0.3 is 11.9 Å². The van der Waals surface area contributed by atoms with Gasteiger partial charge < -0.3 is 20.5 Å². The average Bonchev–Trinajstić information content (AvgIpc) is 2.45. The summed E-state index contributed by atoms with van der Waals surface area (Å²) in [5.41, 5.74) is 6.27. The number of hydrogen-bond acceptors (Lipinski definition) is 6. The van der Waals surface area contributed by atoms with Crippen LogP contribution in [0, 0.1) is 0 Å². The van der Waals surface area contributed by atoms with Crippen LogP contribution in [0.1, 0.15) is 16.8 Å². The van der Waals surface area contributed by atoms with Gasteiger partial charge in [0, 0.05) is 11.3 Å². The van der Waals surface area contributed by atoms with Gasteiger partial charge in [0.1, 0.15) is 6.04 Å². The van der Waals surface area contributed by atoms with E-state index in [1.54, 1.807) is 12.1 Å². The van der Waals surface area contributed by atoms with Crippen molar-refractivity contribution in [3.05, 3.63) is 29.8 Å². The molecule has 3 N–H and O–H groups in total. The Morgan fingerprint density at radius 2 is 1.95 bits per heavy atom. The molecule has 0 aliphatic heterocycles. The lowest BCUT2D eigenvalue weighted by Gasteiger charge is -2.15. The van der Waals surface area contributed by atoms with Gasteiger partial charge in [-0.15, -0.1) is 0 Å². The van der Waals surface area contributed by atoms with Crippen LogP contribution < -0.4 is 11.1 Å². The average molecular weight is 280 g/mol. The van der Waals surface area contributed by atoms with Gasteiger partial charge in [-0.3, -0.25) is 9.59 Å². The summed E-state index contributed by atoms with van der Waals surface area (Å²) in [6.07, 6.45) is -0.308. The normalized spacial score (nSPS) is 11.3. The number of esters is 2. The summed E-state index contributed by atoms with van der Waals surface area (Å²) in [4.78, 5) is 34.7. The minimum Gasteiger partial charge on any atom is -0.469 e. The number of nitrogens with two attached hydrogens (primary N) is 1. The van der Waals surface area contributed by atoms with Crippen molar-refractivity contribution in [2.75, 3.05) is 20.0 Å². The number of carbonyl (C=O) groups is 3. The molecule has 0 heterocycles. The van der Waals surface area contributed by atoms with Crippen molar-refractivity contribution in [3.8, 4) is 0 Å². The van der Waals surface area contributed by atoms with E-state index in [9.17, 15) is 14.4 Å². The molecule has 0 saturated heterocycles. The van der Waals surface area contributed by atoms with Crippen molar-refractivity contribution >= 4 is 23.5 Å². The standard InChI is InChI=1S/C13H16N2O5/c1-19-11(16)7-10(13(18)20-2)15-12(17)8-4-3-5-9(14)6-8/h3-6,10H,7,14H2,1-2H3,(H,15,17). The van der Waals surface area contributed by atoms with E-state index in [2.05, 4.69) is 14.8 Å². The zero-order chi connectivity index (χ0) is 15.1. The molecular formula is C13H16N2O5. The molecule has 1 unspecified atom stereocenters. The first-order chi connectivity index (χ1) is 9.47. The Bertz CT molecular complexity index is 515. The third-order valence-electron chi connectivity index (χ3n) is 2.54. The van der Waals surface area contributed by atoms with E-state index in [4.69, 9.17) is 5.73 Å². The lowest BCUT2D eigenvalue weighted by Crippen LogP contribution is -2.43. The lowest BCUT2D eigenvalue weighted by atomic mass is 10.1. The molecule has 1 amide bonds. The molecule has 1 aromatic rings. The molecule has 7 nitrogen and oxygen atoms in total. The fourth-order valence-electron chi connectivity index (χ4n) is 1.51. The van der Waals surface area contributed by atoms with Crippen LogP contribution in [0.15, 0.2) is 24.3 Å². The van der Waals surface area contributed by atoms with Gasteiger partial charge in [-0.05, 0) is 18.2 Å². The molecule has 0 bridgehead atoms. The quantitative estimate of drug-likeness (QED) is 0.585. The molecule has 1 rings (SSSR count). The number of nitrogen functional groups attached to an aromatic ring is 1. The van der Waals surface area contributed by atoms with Crippen LogP contribution in [0.4, 0.5) is 5.69 Å². The second-order valence-corrected chi connectivity index (χ2v) is 3.95. The first-order valence-corrected chi connectivity index (χ1v) is 5.79. The Labute approximate surface area is 116 Å². The Hall–Kier alpha value is -2.57. The summed E-state index contributed by atoms with van der Waals surface area (Å²) in [5, 5.41) is 2.41. The van der Waals surface area contributed by atoms with Crippen molar-refractivity contribution in [1.29, 1.82) is 0 Å². The molecule has 0 radical (unpaired) electrons. The molecule has 0 aromatic heterocycles. The minimum absolute atomic E-state index is 0.281. The Morgan fingerprint density at radius 1 is 1.25 bits per heavy atom. The van der Waals surface area contributed by atoms with Gasteiger partial charge in [-0.25, -0.2) is 4.79 Å². The van der Waals surface area contributed by atoms with Crippen molar-refractivity contribution in [1.82, 2.24) is 5.32 Å². The summed E-state index contributed by atoms with van der Waals surface area (Å²) >= 11 is 0. The van der Waals surface area contributed by atoms with Gasteiger partial charge in [0.05, 0.1) is 20.6 Å². The molecule has 1 aromatic carbocycles. The van der Waals surface area contributed by atoms with Crippen molar-refractivity contribution in [3.63, 3.8) is 0 Å². The van der Waals surface area contributed by atoms with E-state index in [0.29, 0.717) is 5.69 Å². The fraction of sp³-hybridized carbons (Fsp3) is 0.308. The molecule has 0 fully saturated rings. The van der Waals surface area contributed by atoms with Gasteiger partial charge in [-0.2, -0.15) is 0 Å². The Balaban J connectivity index is 2.81. The molecule has 0 aliphatic carbocycles. The Kier molecular flexibility index (Phi) is 5.52. The number of ether oxygens (including phenoxy) is 2. The van der Waals surface area contributed by atoms with Crippen molar-refractivity contribution < 1.29 is 23.9 Å². The monoisotopic (exact) mass is 280 g/mol. The predicted octanol–water partition coefficient (Wildman–Crippen LogP) is 0.103. The van der Waals surface area contributed by atoms with Crippen LogP contribution in [-0.4, -0.2) is 38.1 Å². The molecular weight excluding hydrogens is 264 g/mol. The maximum atomic E-state index is 12.0. The first kappa shape index (κ1) is 15.5. The highest BCUT2D eigenvalue weighted by Crippen LogP contribution is 2.07. The van der Waals surface area contributed by atoms with Crippen molar-refractivity contribution in [2.45, 2.75) is 12.5 Å². The number of methoxy groups -OCH3 is 2. The second kappa shape index (κ2) is 7.13. The van der Waals surface area contributed by atoms with E-state index in [1.807, 2.05) is 0 Å². The predicted molar refractivity (Wildman–Crippen MR) is 70.8 cm³/mol. The highest BCUT2D eigenvalue weighted by Gasteiger charge is 2.25. The largest absolute Gasteiger partial charge is 0.469 e. The van der Waals surface area contributed by atoms with E-state index < -0.39 is 23.9 Å². The maximum absolute atomic E-state index is 12.0. The van der Waals surface area contributed by atoms with Crippen LogP contribution in [-0.2, 0) is 19.1 Å². The zero-order valence-corrected chi connectivity index (χ0v) is 11.2. The van der Waals surface area contributed by atoms with Crippen molar-refractivity contribution in [2.24, 2.45) is 0 Å². The SMILES string of the molecule is COC(=O)CC(NC(=O)c1cccc(N)c1)C(=O)OC. The molecule has 0 aliphatic rings. The zero-order valence-electron chi connectivity index (χ0n) is 11.2. The van der Waals surface area contributed by atoms with Crippen LogP contribution in [0.3, 0.4) is 0 Å². The summed E-state index contributed by atoms with van der Waals surface area (Å²) in [5.74, 6) is -1.89. The lowest BCUT2D eigenvalue weighted by molar-refractivity contribution is -0.149. The number of rotatable bonds is 5. The van der Waals surface area contributed by atoms with Gasteiger partial charge in [-0.1, -0.05) is 6.07 Å². The van der Waals surface area contributed by atoms with Crippen LogP contribution in [0.2, 0.25) is 0 Å². The fourth-order valence-corrected chi connectivity index (χ4v) is 1.51. The topological polar surface area (TPSA) is 108 Å². The highest BCUT2D eigenvalue weighted by molar-refractivity contribution is 5.98.